The third-order valence-electron chi connectivity index (χ3n) is 6.36. The fraction of sp³-hybridized carbons (Fsp3) is 0.400. The van der Waals surface area contributed by atoms with E-state index < -0.39 is 10.0 Å². The third-order valence-corrected chi connectivity index (χ3v) is 8.27. The van der Waals surface area contributed by atoms with Crippen molar-refractivity contribution < 1.29 is 17.9 Å². The molecule has 7 nitrogen and oxygen atoms in total. The number of fused-ring (bicyclic) bond motifs is 1. The van der Waals surface area contributed by atoms with Gasteiger partial charge < -0.3 is 14.5 Å². The quantitative estimate of drug-likeness (QED) is 0.554. The lowest BCUT2D eigenvalue weighted by atomic mass is 9.95. The number of nitrogens with zero attached hydrogens (tertiary/aromatic N) is 1. The maximum Gasteiger partial charge on any atom is 0.252 e. The second-order valence-corrected chi connectivity index (χ2v) is 10.5. The molecule has 0 radical (unpaired) electrons. The molecule has 2 aromatic carbocycles. The van der Waals surface area contributed by atoms with Crippen LogP contribution in [0.4, 0.5) is 0 Å². The number of aromatic nitrogens is 1. The zero-order valence-corrected chi connectivity index (χ0v) is 20.1. The standard InChI is InChI=1S/C25H30N2O5S/c1-17-9-11-21(12-10-17)33(29,30)27(20-7-5-4-6-8-20)16-19-13-18-14-23(31-2)24(32-3)15-22(18)26-25(19)28/h9-15,20H,4-8,16H2,1-3H3,(H,26,28). The highest BCUT2D eigenvalue weighted by molar-refractivity contribution is 7.89. The predicted molar refractivity (Wildman–Crippen MR) is 128 cm³/mol. The van der Waals surface area contributed by atoms with Crippen LogP contribution in [-0.4, -0.2) is 38.0 Å². The van der Waals surface area contributed by atoms with Crippen molar-refractivity contribution in [2.75, 3.05) is 14.2 Å². The monoisotopic (exact) mass is 470 g/mol. The molecule has 0 aliphatic heterocycles. The Balaban J connectivity index is 1.77. The fourth-order valence-electron chi connectivity index (χ4n) is 4.49. The minimum absolute atomic E-state index is 0.0144. The summed E-state index contributed by atoms with van der Waals surface area (Å²) in [4.78, 5) is 16.1. The molecule has 1 aliphatic rings. The highest BCUT2D eigenvalue weighted by Gasteiger charge is 2.33. The smallest absolute Gasteiger partial charge is 0.252 e. The first-order valence-electron chi connectivity index (χ1n) is 11.2. The number of hydrogen-bond acceptors (Lipinski definition) is 5. The minimum Gasteiger partial charge on any atom is -0.493 e. The lowest BCUT2D eigenvalue weighted by molar-refractivity contribution is 0.247. The van der Waals surface area contributed by atoms with Gasteiger partial charge in [0.25, 0.3) is 5.56 Å². The first kappa shape index (κ1) is 23.3. The van der Waals surface area contributed by atoms with Gasteiger partial charge in [0.05, 0.1) is 24.6 Å². The van der Waals surface area contributed by atoms with Gasteiger partial charge in [0, 0.05) is 29.6 Å². The van der Waals surface area contributed by atoms with Crippen molar-refractivity contribution >= 4 is 20.9 Å². The van der Waals surface area contributed by atoms with E-state index in [1.807, 2.05) is 6.92 Å². The summed E-state index contributed by atoms with van der Waals surface area (Å²) in [6.07, 6.45) is 4.65. The van der Waals surface area contributed by atoms with Crippen molar-refractivity contribution in [2.45, 2.75) is 56.5 Å². The Morgan fingerprint density at radius 2 is 1.61 bits per heavy atom. The molecular weight excluding hydrogens is 440 g/mol. The van der Waals surface area contributed by atoms with Crippen LogP contribution in [0.1, 0.15) is 43.2 Å². The van der Waals surface area contributed by atoms with Gasteiger partial charge in [0.1, 0.15) is 0 Å². The van der Waals surface area contributed by atoms with Gasteiger partial charge in [-0.15, -0.1) is 0 Å². The number of nitrogens with one attached hydrogen (secondary N) is 1. The maximum absolute atomic E-state index is 13.7. The second-order valence-electron chi connectivity index (χ2n) is 8.57. The molecule has 0 atom stereocenters. The number of aromatic amines is 1. The van der Waals surface area contributed by atoms with Crippen molar-refractivity contribution in [3.8, 4) is 11.5 Å². The van der Waals surface area contributed by atoms with Crippen molar-refractivity contribution in [1.82, 2.24) is 9.29 Å². The molecular formula is C25H30N2O5S. The highest BCUT2D eigenvalue weighted by atomic mass is 32.2. The molecule has 0 bridgehead atoms. The summed E-state index contributed by atoms with van der Waals surface area (Å²) in [6.45, 7) is 1.94. The Hall–Kier alpha value is -2.84. The summed E-state index contributed by atoms with van der Waals surface area (Å²) in [5, 5.41) is 0.749. The normalized spacial score (nSPS) is 15.2. The maximum atomic E-state index is 13.7. The van der Waals surface area contributed by atoms with Crippen molar-refractivity contribution in [1.29, 1.82) is 0 Å². The number of methoxy groups -OCH3 is 2. The van der Waals surface area contributed by atoms with Crippen LogP contribution in [0.5, 0.6) is 11.5 Å². The van der Waals surface area contributed by atoms with E-state index in [1.165, 1.54) is 11.4 Å². The van der Waals surface area contributed by atoms with Crippen LogP contribution in [-0.2, 0) is 16.6 Å². The molecule has 1 saturated carbocycles. The van der Waals surface area contributed by atoms with Crippen LogP contribution in [0.2, 0.25) is 0 Å². The van der Waals surface area contributed by atoms with Crippen LogP contribution >= 0.6 is 0 Å². The van der Waals surface area contributed by atoms with Crippen LogP contribution < -0.4 is 15.0 Å². The Labute approximate surface area is 194 Å². The zero-order valence-electron chi connectivity index (χ0n) is 19.3. The summed E-state index contributed by atoms with van der Waals surface area (Å²) in [7, 11) is -0.687. The minimum atomic E-state index is -3.77. The van der Waals surface area contributed by atoms with E-state index >= 15 is 0 Å². The number of aryl methyl sites for hydroxylation is 1. The van der Waals surface area contributed by atoms with E-state index in [-0.39, 0.29) is 23.0 Å². The number of hydrogen-bond donors (Lipinski definition) is 1. The lowest BCUT2D eigenvalue weighted by Gasteiger charge is -2.33. The van der Waals surface area contributed by atoms with Gasteiger partial charge in [-0.25, -0.2) is 8.42 Å². The lowest BCUT2D eigenvalue weighted by Crippen LogP contribution is -2.42. The van der Waals surface area contributed by atoms with E-state index in [2.05, 4.69) is 4.98 Å². The first-order valence-corrected chi connectivity index (χ1v) is 12.6. The molecule has 0 amide bonds. The summed E-state index contributed by atoms with van der Waals surface area (Å²) < 4.78 is 39.6. The van der Waals surface area contributed by atoms with Gasteiger partial charge in [-0.3, -0.25) is 4.79 Å². The second kappa shape index (κ2) is 9.57. The largest absolute Gasteiger partial charge is 0.493 e. The fourth-order valence-corrected chi connectivity index (χ4v) is 6.15. The van der Waals surface area contributed by atoms with Crippen LogP contribution in [0.25, 0.3) is 10.9 Å². The van der Waals surface area contributed by atoms with E-state index in [9.17, 15) is 13.2 Å². The zero-order chi connectivity index (χ0) is 23.6. The van der Waals surface area contributed by atoms with Crippen molar-refractivity contribution in [3.63, 3.8) is 0 Å². The van der Waals surface area contributed by atoms with Gasteiger partial charge >= 0.3 is 0 Å². The third kappa shape index (κ3) is 4.77. The molecule has 8 heteroatoms. The van der Waals surface area contributed by atoms with Gasteiger partial charge in [0.15, 0.2) is 11.5 Å². The van der Waals surface area contributed by atoms with Crippen LogP contribution in [0.3, 0.4) is 0 Å². The average molecular weight is 471 g/mol. The average Bonchev–Trinajstić information content (AvgIpc) is 2.82. The van der Waals surface area contributed by atoms with Gasteiger partial charge in [0.2, 0.25) is 10.0 Å². The summed E-state index contributed by atoms with van der Waals surface area (Å²) in [6, 6.07) is 12.0. The van der Waals surface area contributed by atoms with Crippen LogP contribution in [0.15, 0.2) is 52.2 Å². The Kier molecular flexibility index (Phi) is 6.76. The molecule has 1 heterocycles. The molecule has 0 spiro atoms. The van der Waals surface area contributed by atoms with E-state index in [0.29, 0.717) is 22.6 Å². The molecule has 0 unspecified atom stereocenters. The Morgan fingerprint density at radius 3 is 2.24 bits per heavy atom. The number of sulfonamides is 1. The Bertz CT molecular complexity index is 1290. The topological polar surface area (TPSA) is 88.7 Å². The molecule has 176 valence electrons. The molecule has 1 aromatic heterocycles. The summed E-state index contributed by atoms with van der Waals surface area (Å²) in [5.41, 5.74) is 1.69. The molecule has 1 fully saturated rings. The number of rotatable bonds is 7. The van der Waals surface area contributed by atoms with E-state index in [0.717, 1.165) is 43.1 Å². The predicted octanol–water partition coefficient (Wildman–Crippen LogP) is 4.38. The molecule has 1 aliphatic carbocycles. The Morgan fingerprint density at radius 1 is 0.970 bits per heavy atom. The number of H-pyrrole nitrogens is 1. The molecule has 4 rings (SSSR count). The molecule has 0 saturated heterocycles. The number of benzene rings is 2. The van der Waals surface area contributed by atoms with Gasteiger partial charge in [-0.1, -0.05) is 37.0 Å². The van der Waals surface area contributed by atoms with Gasteiger partial charge in [-0.05, 0) is 44.0 Å². The van der Waals surface area contributed by atoms with Crippen molar-refractivity contribution in [3.05, 3.63) is 63.9 Å². The van der Waals surface area contributed by atoms with Crippen molar-refractivity contribution in [2.24, 2.45) is 0 Å². The van der Waals surface area contributed by atoms with E-state index in [1.54, 1.807) is 49.6 Å². The number of ether oxygens (including phenoxy) is 2. The summed E-state index contributed by atoms with van der Waals surface area (Å²) in [5.74, 6) is 1.05. The molecule has 1 N–H and O–H groups in total. The van der Waals surface area contributed by atoms with Crippen LogP contribution in [0, 0.1) is 6.92 Å². The van der Waals surface area contributed by atoms with E-state index in [4.69, 9.17) is 9.47 Å². The SMILES string of the molecule is COc1cc2cc(CN(C3CCCCC3)S(=O)(=O)c3ccc(C)cc3)c(=O)[nH]c2cc1OC. The molecule has 3 aromatic rings. The molecule has 33 heavy (non-hydrogen) atoms. The summed E-state index contributed by atoms with van der Waals surface area (Å²) >= 11 is 0. The van der Waals surface area contributed by atoms with Gasteiger partial charge in [-0.2, -0.15) is 4.31 Å². The first-order chi connectivity index (χ1) is 15.8. The number of pyridine rings is 1. The highest BCUT2D eigenvalue weighted by Crippen LogP contribution is 2.32.